The number of Topliss-reactive ketones (excluding diaryl/α,β-unsaturated/α-hetero) is 1. The number of benzene rings is 1. The Morgan fingerprint density at radius 1 is 1.44 bits per heavy atom. The summed E-state index contributed by atoms with van der Waals surface area (Å²) >= 11 is 0. The van der Waals surface area contributed by atoms with Gasteiger partial charge in [0.05, 0.1) is 6.07 Å². The molecular weight excluding hydrogens is 204 g/mol. The summed E-state index contributed by atoms with van der Waals surface area (Å²) < 4.78 is 0. The molecule has 0 spiro atoms. The zero-order valence-electron chi connectivity index (χ0n) is 9.15. The van der Waals surface area contributed by atoms with Crippen LogP contribution >= 0.6 is 0 Å². The van der Waals surface area contributed by atoms with E-state index in [0.29, 0.717) is 11.3 Å². The van der Waals surface area contributed by atoms with Gasteiger partial charge in [-0.1, -0.05) is 12.1 Å². The minimum Gasteiger partial charge on any atom is -0.325 e. The van der Waals surface area contributed by atoms with Gasteiger partial charge in [0.15, 0.2) is 5.78 Å². The van der Waals surface area contributed by atoms with Crippen molar-refractivity contribution in [2.75, 3.05) is 5.32 Å². The monoisotopic (exact) mass is 216 g/mol. The van der Waals surface area contributed by atoms with E-state index in [-0.39, 0.29) is 11.7 Å². The van der Waals surface area contributed by atoms with Crippen molar-refractivity contribution in [3.63, 3.8) is 0 Å². The standard InChI is InChI=1S/C12H12N2O2/c1-8(7-13)12(16)14-11-5-3-4-10(6-11)9(2)15/h3-6,8H,1-2H3,(H,14,16). The highest BCUT2D eigenvalue weighted by Crippen LogP contribution is 2.12. The van der Waals surface area contributed by atoms with Crippen molar-refractivity contribution in [2.45, 2.75) is 13.8 Å². The Morgan fingerprint density at radius 2 is 2.12 bits per heavy atom. The van der Waals surface area contributed by atoms with Crippen molar-refractivity contribution >= 4 is 17.4 Å². The van der Waals surface area contributed by atoms with Crippen LogP contribution in [-0.2, 0) is 4.79 Å². The first kappa shape index (κ1) is 11.9. The molecule has 1 atom stereocenters. The molecule has 0 saturated carbocycles. The summed E-state index contributed by atoms with van der Waals surface area (Å²) in [5.41, 5.74) is 1.06. The molecule has 0 fully saturated rings. The highest BCUT2D eigenvalue weighted by atomic mass is 16.1. The molecule has 1 aromatic rings. The second kappa shape index (κ2) is 5.08. The molecule has 4 heteroatoms. The second-order valence-corrected chi connectivity index (χ2v) is 3.48. The van der Waals surface area contributed by atoms with Gasteiger partial charge in [-0.25, -0.2) is 0 Å². The number of carbonyl (C=O) groups is 2. The molecular formula is C12H12N2O2. The highest BCUT2D eigenvalue weighted by molar-refractivity contribution is 5.98. The fourth-order valence-electron chi connectivity index (χ4n) is 1.13. The Hall–Kier alpha value is -2.15. The molecule has 1 N–H and O–H groups in total. The highest BCUT2D eigenvalue weighted by Gasteiger charge is 2.11. The van der Waals surface area contributed by atoms with E-state index in [4.69, 9.17) is 5.26 Å². The summed E-state index contributed by atoms with van der Waals surface area (Å²) in [7, 11) is 0. The molecule has 1 unspecified atom stereocenters. The lowest BCUT2D eigenvalue weighted by Gasteiger charge is -2.06. The lowest BCUT2D eigenvalue weighted by Crippen LogP contribution is -2.19. The first-order chi connectivity index (χ1) is 7.54. The van der Waals surface area contributed by atoms with Gasteiger partial charge in [0, 0.05) is 11.3 Å². The molecule has 1 amide bonds. The molecule has 0 saturated heterocycles. The average molecular weight is 216 g/mol. The number of carbonyl (C=O) groups excluding carboxylic acids is 2. The van der Waals surface area contributed by atoms with Gasteiger partial charge in [-0.15, -0.1) is 0 Å². The largest absolute Gasteiger partial charge is 0.325 e. The van der Waals surface area contributed by atoms with Crippen molar-refractivity contribution in [3.8, 4) is 6.07 Å². The average Bonchev–Trinajstić information content (AvgIpc) is 2.28. The smallest absolute Gasteiger partial charge is 0.241 e. The summed E-state index contributed by atoms with van der Waals surface area (Å²) in [5.74, 6) is -1.14. The number of nitrogens with one attached hydrogen (secondary N) is 1. The summed E-state index contributed by atoms with van der Waals surface area (Å²) in [6.45, 7) is 2.98. The van der Waals surface area contributed by atoms with E-state index in [1.165, 1.54) is 13.8 Å². The Bertz CT molecular complexity index is 460. The van der Waals surface area contributed by atoms with E-state index in [9.17, 15) is 9.59 Å². The molecule has 82 valence electrons. The lowest BCUT2D eigenvalue weighted by molar-refractivity contribution is -0.117. The number of nitrogens with zero attached hydrogens (tertiary/aromatic N) is 1. The van der Waals surface area contributed by atoms with Crippen LogP contribution in [0.2, 0.25) is 0 Å². The van der Waals surface area contributed by atoms with E-state index in [2.05, 4.69) is 5.32 Å². The molecule has 1 aromatic carbocycles. The third-order valence-corrected chi connectivity index (χ3v) is 2.12. The van der Waals surface area contributed by atoms with Gasteiger partial charge in [-0.3, -0.25) is 9.59 Å². The molecule has 0 radical (unpaired) electrons. The molecule has 0 aliphatic heterocycles. The maximum Gasteiger partial charge on any atom is 0.241 e. The molecule has 0 bridgehead atoms. The minimum atomic E-state index is -0.707. The zero-order valence-corrected chi connectivity index (χ0v) is 9.15. The van der Waals surface area contributed by atoms with Crippen LogP contribution in [0.3, 0.4) is 0 Å². The zero-order chi connectivity index (χ0) is 12.1. The fraction of sp³-hybridized carbons (Fsp3) is 0.250. The van der Waals surface area contributed by atoms with Gasteiger partial charge in [-0.05, 0) is 26.0 Å². The quantitative estimate of drug-likeness (QED) is 0.785. The van der Waals surface area contributed by atoms with Crippen LogP contribution in [0.1, 0.15) is 24.2 Å². The molecule has 0 aliphatic carbocycles. The van der Waals surface area contributed by atoms with Crippen LogP contribution in [0.15, 0.2) is 24.3 Å². The van der Waals surface area contributed by atoms with E-state index in [1.807, 2.05) is 6.07 Å². The number of hydrogen-bond acceptors (Lipinski definition) is 3. The fourth-order valence-corrected chi connectivity index (χ4v) is 1.13. The Morgan fingerprint density at radius 3 is 2.69 bits per heavy atom. The van der Waals surface area contributed by atoms with E-state index >= 15 is 0 Å². The maximum absolute atomic E-state index is 11.4. The first-order valence-corrected chi connectivity index (χ1v) is 4.86. The van der Waals surface area contributed by atoms with Crippen LogP contribution in [0.25, 0.3) is 0 Å². The van der Waals surface area contributed by atoms with Crippen LogP contribution < -0.4 is 5.32 Å². The molecule has 1 rings (SSSR count). The summed E-state index contributed by atoms with van der Waals surface area (Å²) in [4.78, 5) is 22.5. The summed E-state index contributed by atoms with van der Waals surface area (Å²) in [6.07, 6.45) is 0. The van der Waals surface area contributed by atoms with Gasteiger partial charge >= 0.3 is 0 Å². The number of rotatable bonds is 3. The summed E-state index contributed by atoms with van der Waals surface area (Å²) in [5, 5.41) is 11.1. The maximum atomic E-state index is 11.4. The van der Waals surface area contributed by atoms with E-state index in [0.717, 1.165) is 0 Å². The Labute approximate surface area is 93.9 Å². The molecule has 0 heterocycles. The number of hydrogen-bond donors (Lipinski definition) is 1. The third kappa shape index (κ3) is 2.92. The number of ketones is 1. The number of anilines is 1. The van der Waals surface area contributed by atoms with Crippen LogP contribution in [0, 0.1) is 17.2 Å². The van der Waals surface area contributed by atoms with Crippen LogP contribution in [0.5, 0.6) is 0 Å². The van der Waals surface area contributed by atoms with Crippen molar-refractivity contribution in [3.05, 3.63) is 29.8 Å². The van der Waals surface area contributed by atoms with Gasteiger partial charge in [0.2, 0.25) is 5.91 Å². The minimum absolute atomic E-state index is 0.0653. The van der Waals surface area contributed by atoms with Gasteiger partial charge in [-0.2, -0.15) is 5.26 Å². The SMILES string of the molecule is CC(=O)c1cccc(NC(=O)C(C)C#N)c1. The second-order valence-electron chi connectivity index (χ2n) is 3.48. The number of amides is 1. The van der Waals surface area contributed by atoms with Gasteiger partial charge in [0.1, 0.15) is 5.92 Å². The number of nitriles is 1. The third-order valence-electron chi connectivity index (χ3n) is 2.12. The van der Waals surface area contributed by atoms with Crippen LogP contribution in [0.4, 0.5) is 5.69 Å². The predicted octanol–water partition coefficient (Wildman–Crippen LogP) is 1.99. The molecule has 0 aromatic heterocycles. The van der Waals surface area contributed by atoms with Crippen molar-refractivity contribution in [1.29, 1.82) is 5.26 Å². The van der Waals surface area contributed by atoms with Crippen molar-refractivity contribution < 1.29 is 9.59 Å². The van der Waals surface area contributed by atoms with Gasteiger partial charge < -0.3 is 5.32 Å². The molecule has 16 heavy (non-hydrogen) atoms. The lowest BCUT2D eigenvalue weighted by atomic mass is 10.1. The normalized spacial score (nSPS) is 11.3. The first-order valence-electron chi connectivity index (χ1n) is 4.86. The van der Waals surface area contributed by atoms with Crippen molar-refractivity contribution in [1.82, 2.24) is 0 Å². The van der Waals surface area contributed by atoms with E-state index in [1.54, 1.807) is 24.3 Å². The van der Waals surface area contributed by atoms with Gasteiger partial charge in [0.25, 0.3) is 0 Å². The summed E-state index contributed by atoms with van der Waals surface area (Å²) in [6, 6.07) is 8.46. The van der Waals surface area contributed by atoms with Crippen molar-refractivity contribution in [2.24, 2.45) is 5.92 Å². The Kier molecular flexibility index (Phi) is 3.78. The predicted molar refractivity (Wildman–Crippen MR) is 59.9 cm³/mol. The molecule has 0 aliphatic rings. The Balaban J connectivity index is 2.83. The van der Waals surface area contributed by atoms with E-state index < -0.39 is 5.92 Å². The topological polar surface area (TPSA) is 70.0 Å². The molecule has 4 nitrogen and oxygen atoms in total. The van der Waals surface area contributed by atoms with Crippen LogP contribution in [-0.4, -0.2) is 11.7 Å².